The molecule has 0 aliphatic carbocycles. The maximum Gasteiger partial charge on any atom is 0.211 e. The van der Waals surface area contributed by atoms with E-state index < -0.39 is 10.0 Å². The molecular formula is C16H24N2O3S. The van der Waals surface area contributed by atoms with Crippen LogP contribution in [0.4, 0.5) is 0 Å². The maximum absolute atomic E-state index is 11.6. The summed E-state index contributed by atoms with van der Waals surface area (Å²) in [5, 5.41) is 0. The number of rotatable bonds is 3. The fourth-order valence-corrected chi connectivity index (χ4v) is 4.15. The highest BCUT2D eigenvalue weighted by molar-refractivity contribution is 7.88. The molecule has 6 heteroatoms. The van der Waals surface area contributed by atoms with Crippen LogP contribution in [-0.2, 0) is 16.4 Å². The van der Waals surface area contributed by atoms with Crippen molar-refractivity contribution in [3.63, 3.8) is 0 Å². The van der Waals surface area contributed by atoms with Gasteiger partial charge in [0.05, 0.1) is 12.9 Å². The number of fused-ring (bicyclic) bond motifs is 1. The number of para-hydroxylation sites is 1. The summed E-state index contributed by atoms with van der Waals surface area (Å²) in [5.41, 5.74) is 1.29. The second-order valence-corrected chi connectivity index (χ2v) is 8.26. The molecular weight excluding hydrogens is 300 g/mol. The Labute approximate surface area is 132 Å². The Kier molecular flexibility index (Phi) is 4.70. The van der Waals surface area contributed by atoms with E-state index in [0.717, 1.165) is 44.8 Å². The summed E-state index contributed by atoms with van der Waals surface area (Å²) >= 11 is 0. The van der Waals surface area contributed by atoms with Crippen molar-refractivity contribution in [2.45, 2.75) is 12.8 Å². The van der Waals surface area contributed by atoms with E-state index in [1.54, 1.807) is 4.31 Å². The van der Waals surface area contributed by atoms with Crippen LogP contribution in [0.5, 0.6) is 5.75 Å². The molecule has 0 N–H and O–H groups in total. The topological polar surface area (TPSA) is 49.9 Å². The summed E-state index contributed by atoms with van der Waals surface area (Å²) in [6.45, 7) is 4.66. The van der Waals surface area contributed by atoms with Crippen LogP contribution in [0.15, 0.2) is 24.3 Å². The molecule has 0 bridgehead atoms. The normalized spacial score (nSPS) is 24.3. The maximum atomic E-state index is 11.6. The van der Waals surface area contributed by atoms with Gasteiger partial charge in [-0.25, -0.2) is 8.42 Å². The average Bonchev–Trinajstić information content (AvgIpc) is 2.68. The molecule has 2 aliphatic rings. The van der Waals surface area contributed by atoms with Crippen molar-refractivity contribution in [1.29, 1.82) is 0 Å². The van der Waals surface area contributed by atoms with E-state index in [2.05, 4.69) is 17.0 Å². The lowest BCUT2D eigenvalue weighted by molar-refractivity contribution is 0.157. The third-order valence-corrected chi connectivity index (χ3v) is 5.88. The van der Waals surface area contributed by atoms with Gasteiger partial charge >= 0.3 is 0 Å². The third-order valence-electron chi connectivity index (χ3n) is 4.58. The summed E-state index contributed by atoms with van der Waals surface area (Å²) in [4.78, 5) is 2.39. The van der Waals surface area contributed by atoms with E-state index in [-0.39, 0.29) is 0 Å². The lowest BCUT2D eigenvalue weighted by Gasteiger charge is -2.35. The fourth-order valence-electron chi connectivity index (χ4n) is 3.33. The molecule has 0 radical (unpaired) electrons. The first kappa shape index (κ1) is 15.8. The highest BCUT2D eigenvalue weighted by Crippen LogP contribution is 2.27. The van der Waals surface area contributed by atoms with Crippen LogP contribution in [0.1, 0.15) is 12.0 Å². The van der Waals surface area contributed by atoms with E-state index in [0.29, 0.717) is 19.0 Å². The van der Waals surface area contributed by atoms with Crippen LogP contribution in [0.2, 0.25) is 0 Å². The zero-order chi connectivity index (χ0) is 15.6. The van der Waals surface area contributed by atoms with Crippen LogP contribution in [-0.4, -0.2) is 63.2 Å². The van der Waals surface area contributed by atoms with Gasteiger partial charge in [0.15, 0.2) is 0 Å². The Morgan fingerprint density at radius 2 is 1.91 bits per heavy atom. The van der Waals surface area contributed by atoms with Gasteiger partial charge in [0.25, 0.3) is 0 Å². The molecule has 122 valence electrons. The Bertz CT molecular complexity index is 610. The molecule has 1 saturated heterocycles. The van der Waals surface area contributed by atoms with Crippen molar-refractivity contribution in [3.05, 3.63) is 29.8 Å². The largest absolute Gasteiger partial charge is 0.493 e. The Morgan fingerprint density at radius 1 is 1.18 bits per heavy atom. The number of ether oxygens (including phenoxy) is 1. The molecule has 0 spiro atoms. The number of piperazine rings is 1. The van der Waals surface area contributed by atoms with E-state index in [9.17, 15) is 8.42 Å². The second kappa shape index (κ2) is 6.56. The molecule has 1 atom stereocenters. The monoisotopic (exact) mass is 324 g/mol. The Hall–Kier alpha value is -1.11. The van der Waals surface area contributed by atoms with E-state index >= 15 is 0 Å². The molecule has 0 amide bonds. The minimum absolute atomic E-state index is 0.577. The third kappa shape index (κ3) is 3.80. The van der Waals surface area contributed by atoms with Crippen molar-refractivity contribution < 1.29 is 13.2 Å². The first-order chi connectivity index (χ1) is 10.5. The molecule has 1 aromatic rings. The van der Waals surface area contributed by atoms with Gasteiger partial charge in [-0.15, -0.1) is 0 Å². The molecule has 22 heavy (non-hydrogen) atoms. The second-order valence-electron chi connectivity index (χ2n) is 6.28. The molecule has 1 fully saturated rings. The highest BCUT2D eigenvalue weighted by Gasteiger charge is 2.26. The molecule has 2 aliphatic heterocycles. The van der Waals surface area contributed by atoms with Crippen LogP contribution < -0.4 is 4.74 Å². The summed E-state index contributed by atoms with van der Waals surface area (Å²) in [7, 11) is -3.04. The molecule has 2 heterocycles. The highest BCUT2D eigenvalue weighted by atomic mass is 32.2. The lowest BCUT2D eigenvalue weighted by Crippen LogP contribution is -2.49. The van der Waals surface area contributed by atoms with Gasteiger partial charge in [-0.1, -0.05) is 18.2 Å². The number of nitrogens with zero attached hydrogens (tertiary/aromatic N) is 2. The number of sulfonamides is 1. The van der Waals surface area contributed by atoms with E-state index in [1.165, 1.54) is 11.8 Å². The summed E-state index contributed by atoms with van der Waals surface area (Å²) in [6, 6.07) is 8.27. The van der Waals surface area contributed by atoms with Gasteiger partial charge < -0.3 is 9.64 Å². The lowest BCUT2D eigenvalue weighted by atomic mass is 9.96. The van der Waals surface area contributed by atoms with Crippen molar-refractivity contribution in [2.24, 2.45) is 5.92 Å². The average molecular weight is 324 g/mol. The molecule has 0 saturated carbocycles. The first-order valence-electron chi connectivity index (χ1n) is 7.90. The van der Waals surface area contributed by atoms with Gasteiger partial charge in [0.1, 0.15) is 5.75 Å². The standard InChI is InChI=1S/C16H24N2O3S/c1-22(19,20)18-9-7-17(8-10-18)13-14-6-11-21-16-5-3-2-4-15(16)12-14/h2-5,14H,6-13H2,1H3. The summed E-state index contributed by atoms with van der Waals surface area (Å²) in [5.74, 6) is 1.60. The smallest absolute Gasteiger partial charge is 0.211 e. The van der Waals surface area contributed by atoms with Crippen molar-refractivity contribution in [1.82, 2.24) is 9.21 Å². The zero-order valence-corrected chi connectivity index (χ0v) is 13.9. The summed E-state index contributed by atoms with van der Waals surface area (Å²) in [6.07, 6.45) is 3.39. The summed E-state index contributed by atoms with van der Waals surface area (Å²) < 4.78 is 30.5. The molecule has 1 unspecified atom stereocenters. The van der Waals surface area contributed by atoms with Crippen molar-refractivity contribution in [2.75, 3.05) is 45.6 Å². The predicted molar refractivity (Wildman–Crippen MR) is 86.6 cm³/mol. The minimum atomic E-state index is -3.04. The molecule has 0 aromatic heterocycles. The SMILES string of the molecule is CS(=O)(=O)N1CCN(CC2CCOc3ccccc3C2)CC1. The van der Waals surface area contributed by atoms with E-state index in [4.69, 9.17) is 4.74 Å². The molecule has 1 aromatic carbocycles. The zero-order valence-electron chi connectivity index (χ0n) is 13.1. The number of hydrogen-bond acceptors (Lipinski definition) is 4. The minimum Gasteiger partial charge on any atom is -0.493 e. The van der Waals surface area contributed by atoms with Crippen molar-refractivity contribution >= 4 is 10.0 Å². The van der Waals surface area contributed by atoms with Gasteiger partial charge in [0.2, 0.25) is 10.0 Å². The molecule has 3 rings (SSSR count). The number of hydrogen-bond donors (Lipinski definition) is 0. The Morgan fingerprint density at radius 3 is 2.64 bits per heavy atom. The van der Waals surface area contributed by atoms with Gasteiger partial charge in [-0.3, -0.25) is 0 Å². The van der Waals surface area contributed by atoms with Gasteiger partial charge in [-0.05, 0) is 30.4 Å². The van der Waals surface area contributed by atoms with Crippen LogP contribution in [0.3, 0.4) is 0 Å². The van der Waals surface area contributed by atoms with Crippen molar-refractivity contribution in [3.8, 4) is 5.75 Å². The van der Waals surface area contributed by atoms with Crippen LogP contribution in [0, 0.1) is 5.92 Å². The Balaban J connectivity index is 1.56. The van der Waals surface area contributed by atoms with Crippen LogP contribution in [0.25, 0.3) is 0 Å². The van der Waals surface area contributed by atoms with Gasteiger partial charge in [-0.2, -0.15) is 4.31 Å². The van der Waals surface area contributed by atoms with Crippen LogP contribution >= 0.6 is 0 Å². The van der Waals surface area contributed by atoms with E-state index in [1.807, 2.05) is 12.1 Å². The number of benzene rings is 1. The van der Waals surface area contributed by atoms with Gasteiger partial charge in [0, 0.05) is 32.7 Å². The quantitative estimate of drug-likeness (QED) is 0.838. The predicted octanol–water partition coefficient (Wildman–Crippen LogP) is 1.20. The fraction of sp³-hybridized carbons (Fsp3) is 0.625. The molecule has 5 nitrogen and oxygen atoms in total. The first-order valence-corrected chi connectivity index (χ1v) is 9.75.